The molecule has 0 spiro atoms. The van der Waals surface area contributed by atoms with Crippen LogP contribution in [0.1, 0.15) is 37.6 Å². The molecule has 3 atom stereocenters. The molecule has 2 aromatic carbocycles. The second-order valence-corrected chi connectivity index (χ2v) is 11.1. The van der Waals surface area contributed by atoms with Crippen LogP contribution in [0.2, 0.25) is 0 Å². The van der Waals surface area contributed by atoms with Gasteiger partial charge in [0.1, 0.15) is 6.61 Å². The monoisotopic (exact) mass is 472 g/mol. The average molecular weight is 473 g/mol. The van der Waals surface area contributed by atoms with E-state index < -0.39 is 10.0 Å². The Hall–Kier alpha value is -2.58. The summed E-state index contributed by atoms with van der Waals surface area (Å²) in [6.45, 7) is 8.23. The van der Waals surface area contributed by atoms with Crippen molar-refractivity contribution >= 4 is 15.9 Å². The zero-order valence-electron chi connectivity index (χ0n) is 19.4. The first kappa shape index (κ1) is 23.6. The predicted octanol–water partition coefficient (Wildman–Crippen LogP) is 3.66. The summed E-state index contributed by atoms with van der Waals surface area (Å²) in [5.74, 6) is 1.76. The smallest absolute Gasteiger partial charge is 0.254 e. The third kappa shape index (κ3) is 5.17. The van der Waals surface area contributed by atoms with Crippen molar-refractivity contribution in [2.24, 2.45) is 11.8 Å². The van der Waals surface area contributed by atoms with E-state index in [1.165, 1.54) is 6.07 Å². The molecular formula is C25H32N2O5S. The number of nitrogens with zero attached hydrogens (tertiary/aromatic N) is 2. The number of amides is 1. The van der Waals surface area contributed by atoms with Crippen molar-refractivity contribution in [2.45, 2.75) is 38.2 Å². The van der Waals surface area contributed by atoms with Crippen LogP contribution in [0, 0.1) is 11.8 Å². The molecule has 7 nitrogen and oxygen atoms in total. The van der Waals surface area contributed by atoms with Crippen molar-refractivity contribution in [3.05, 3.63) is 54.1 Å². The highest BCUT2D eigenvalue weighted by Crippen LogP contribution is 2.31. The number of benzene rings is 2. The van der Waals surface area contributed by atoms with Gasteiger partial charge in [0.05, 0.1) is 11.4 Å². The van der Waals surface area contributed by atoms with Gasteiger partial charge >= 0.3 is 0 Å². The van der Waals surface area contributed by atoms with E-state index in [0.29, 0.717) is 61.7 Å². The van der Waals surface area contributed by atoms with Crippen LogP contribution >= 0.6 is 0 Å². The Morgan fingerprint density at radius 3 is 2.45 bits per heavy atom. The fraction of sp³-hybridized carbons (Fsp3) is 0.480. The minimum atomic E-state index is -3.66. The van der Waals surface area contributed by atoms with E-state index >= 15 is 0 Å². The van der Waals surface area contributed by atoms with Gasteiger partial charge in [0.15, 0.2) is 17.6 Å². The maximum absolute atomic E-state index is 13.3. The number of carbonyl (C=O) groups is 1. The standard InChI is InChI=1S/C25H32N2O5S/c1-4-26(16-21-17-31-23-10-5-6-11-24(23)32-21)25(28)20-8-7-9-22(13-20)33(29,30)27-14-18(2)12-19(3)15-27/h5-11,13,18-19,21H,4,12,14-17H2,1-3H3. The Morgan fingerprint density at radius 2 is 1.76 bits per heavy atom. The van der Waals surface area contributed by atoms with Gasteiger partial charge in [-0.25, -0.2) is 8.42 Å². The SMILES string of the molecule is CCN(CC1COc2ccccc2O1)C(=O)c1cccc(S(=O)(=O)N2CC(C)CC(C)C2)c1. The molecule has 2 aliphatic rings. The Morgan fingerprint density at radius 1 is 1.06 bits per heavy atom. The number of hydrogen-bond donors (Lipinski definition) is 0. The topological polar surface area (TPSA) is 76.1 Å². The molecule has 33 heavy (non-hydrogen) atoms. The lowest BCUT2D eigenvalue weighted by molar-refractivity contribution is 0.0474. The highest BCUT2D eigenvalue weighted by molar-refractivity contribution is 7.89. The fourth-order valence-electron chi connectivity index (χ4n) is 4.68. The van der Waals surface area contributed by atoms with Gasteiger partial charge in [-0.2, -0.15) is 4.31 Å². The summed E-state index contributed by atoms with van der Waals surface area (Å²) in [4.78, 5) is 15.1. The van der Waals surface area contributed by atoms with Crippen LogP contribution in [0.25, 0.3) is 0 Å². The lowest BCUT2D eigenvalue weighted by Crippen LogP contribution is -2.44. The van der Waals surface area contributed by atoms with E-state index in [4.69, 9.17) is 9.47 Å². The normalized spacial score (nSPS) is 23.2. The zero-order valence-corrected chi connectivity index (χ0v) is 20.3. The molecule has 1 saturated heterocycles. The van der Waals surface area contributed by atoms with Crippen LogP contribution in [0.15, 0.2) is 53.4 Å². The van der Waals surface area contributed by atoms with Crippen LogP contribution in [-0.2, 0) is 10.0 Å². The van der Waals surface area contributed by atoms with Crippen LogP contribution in [0.4, 0.5) is 0 Å². The first-order valence-corrected chi connectivity index (χ1v) is 13.0. The second kappa shape index (κ2) is 9.73. The molecular weight excluding hydrogens is 440 g/mol. The molecule has 178 valence electrons. The highest BCUT2D eigenvalue weighted by atomic mass is 32.2. The number of sulfonamides is 1. The molecule has 2 aromatic rings. The summed E-state index contributed by atoms with van der Waals surface area (Å²) in [7, 11) is -3.66. The minimum absolute atomic E-state index is 0.164. The van der Waals surface area contributed by atoms with Crippen molar-refractivity contribution in [3.8, 4) is 11.5 Å². The Bertz CT molecular complexity index is 1090. The van der Waals surface area contributed by atoms with Crippen molar-refractivity contribution in [1.29, 1.82) is 0 Å². The number of hydrogen-bond acceptors (Lipinski definition) is 5. The summed E-state index contributed by atoms with van der Waals surface area (Å²) in [5, 5.41) is 0. The molecule has 3 unspecified atom stereocenters. The van der Waals surface area contributed by atoms with Gasteiger partial charge in [0.25, 0.3) is 5.91 Å². The Balaban J connectivity index is 1.49. The van der Waals surface area contributed by atoms with E-state index in [-0.39, 0.29) is 16.9 Å². The molecule has 1 amide bonds. The number of likely N-dealkylation sites (N-methyl/N-ethyl adjacent to an activating group) is 1. The number of para-hydroxylation sites is 2. The highest BCUT2D eigenvalue weighted by Gasteiger charge is 2.32. The molecule has 0 radical (unpaired) electrons. The summed E-state index contributed by atoms with van der Waals surface area (Å²) < 4.78 is 39.9. The molecule has 0 aromatic heterocycles. The molecule has 8 heteroatoms. The van der Waals surface area contributed by atoms with Gasteiger partial charge in [0, 0.05) is 25.2 Å². The number of rotatable bonds is 6. The summed E-state index contributed by atoms with van der Waals surface area (Å²) in [5.41, 5.74) is 0.355. The van der Waals surface area contributed by atoms with Crippen LogP contribution in [0.3, 0.4) is 0 Å². The van der Waals surface area contributed by atoms with Gasteiger partial charge in [-0.15, -0.1) is 0 Å². The van der Waals surface area contributed by atoms with Crippen molar-refractivity contribution in [1.82, 2.24) is 9.21 Å². The molecule has 0 saturated carbocycles. The van der Waals surface area contributed by atoms with E-state index in [1.807, 2.05) is 31.2 Å². The summed E-state index contributed by atoms with van der Waals surface area (Å²) in [6.07, 6.45) is 0.722. The lowest BCUT2D eigenvalue weighted by Gasteiger charge is -2.34. The lowest BCUT2D eigenvalue weighted by atomic mass is 9.94. The maximum Gasteiger partial charge on any atom is 0.254 e. The summed E-state index contributed by atoms with van der Waals surface area (Å²) in [6, 6.07) is 13.8. The van der Waals surface area contributed by atoms with Gasteiger partial charge in [-0.1, -0.05) is 32.0 Å². The average Bonchev–Trinajstić information content (AvgIpc) is 2.81. The van der Waals surface area contributed by atoms with Gasteiger partial charge < -0.3 is 14.4 Å². The molecule has 0 bridgehead atoms. The minimum Gasteiger partial charge on any atom is -0.486 e. The fourth-order valence-corrected chi connectivity index (χ4v) is 6.40. The molecule has 2 aliphatic heterocycles. The third-order valence-electron chi connectivity index (χ3n) is 6.21. The van der Waals surface area contributed by atoms with Crippen molar-refractivity contribution in [3.63, 3.8) is 0 Å². The summed E-state index contributed by atoms with van der Waals surface area (Å²) >= 11 is 0. The molecule has 1 fully saturated rings. The van der Waals surface area contributed by atoms with Gasteiger partial charge in [-0.05, 0) is 55.5 Å². The van der Waals surface area contributed by atoms with Crippen LogP contribution in [0.5, 0.6) is 11.5 Å². The number of piperidine rings is 1. The number of ether oxygens (including phenoxy) is 2. The van der Waals surface area contributed by atoms with E-state index in [9.17, 15) is 13.2 Å². The molecule has 2 heterocycles. The molecule has 4 rings (SSSR count). The predicted molar refractivity (Wildman–Crippen MR) is 126 cm³/mol. The Kier molecular flexibility index (Phi) is 6.95. The quantitative estimate of drug-likeness (QED) is 0.641. The van der Waals surface area contributed by atoms with Gasteiger partial charge in [0.2, 0.25) is 10.0 Å². The molecule has 0 aliphatic carbocycles. The third-order valence-corrected chi connectivity index (χ3v) is 8.04. The second-order valence-electron chi connectivity index (χ2n) is 9.14. The Labute approximate surface area is 196 Å². The maximum atomic E-state index is 13.3. The largest absolute Gasteiger partial charge is 0.486 e. The number of fused-ring (bicyclic) bond motifs is 1. The number of carbonyl (C=O) groups excluding carboxylic acids is 1. The first-order chi connectivity index (χ1) is 15.8. The van der Waals surface area contributed by atoms with Gasteiger partial charge in [-0.3, -0.25) is 4.79 Å². The van der Waals surface area contributed by atoms with Crippen LogP contribution in [-0.4, -0.2) is 62.4 Å². The van der Waals surface area contributed by atoms with E-state index in [2.05, 4.69) is 13.8 Å². The van der Waals surface area contributed by atoms with Crippen LogP contribution < -0.4 is 9.47 Å². The van der Waals surface area contributed by atoms with Crippen molar-refractivity contribution in [2.75, 3.05) is 32.8 Å². The van der Waals surface area contributed by atoms with Crippen molar-refractivity contribution < 1.29 is 22.7 Å². The molecule has 0 N–H and O–H groups in total. The van der Waals surface area contributed by atoms with E-state index in [1.54, 1.807) is 27.4 Å². The first-order valence-electron chi connectivity index (χ1n) is 11.6. The zero-order chi connectivity index (χ0) is 23.6. The van der Waals surface area contributed by atoms with E-state index in [0.717, 1.165) is 6.42 Å².